The molecule has 0 aromatic heterocycles. The molecule has 1 aromatic rings. The quantitative estimate of drug-likeness (QED) is 0.687. The predicted molar refractivity (Wildman–Crippen MR) is 90.3 cm³/mol. The van der Waals surface area contributed by atoms with Gasteiger partial charge in [0, 0.05) is 19.7 Å². The SMILES string of the molecule is CCCCN(C)C(=O)/C=C/c1ccc(OC(C)C)c(OC)c1. The van der Waals surface area contributed by atoms with Crippen molar-refractivity contribution in [2.75, 3.05) is 20.7 Å². The van der Waals surface area contributed by atoms with Gasteiger partial charge in [0.05, 0.1) is 13.2 Å². The molecule has 1 amide bonds. The van der Waals surface area contributed by atoms with Crippen LogP contribution in [0.4, 0.5) is 0 Å². The average Bonchev–Trinajstić information content (AvgIpc) is 2.50. The zero-order valence-corrected chi connectivity index (χ0v) is 14.3. The van der Waals surface area contributed by atoms with Crippen LogP contribution in [-0.4, -0.2) is 37.6 Å². The summed E-state index contributed by atoms with van der Waals surface area (Å²) in [7, 11) is 3.43. The Morgan fingerprint density at radius 1 is 1.32 bits per heavy atom. The number of amides is 1. The minimum atomic E-state index is 0.00919. The van der Waals surface area contributed by atoms with Crippen molar-refractivity contribution in [3.8, 4) is 11.5 Å². The first kappa shape index (κ1) is 18.1. The van der Waals surface area contributed by atoms with Crippen molar-refractivity contribution in [2.45, 2.75) is 39.7 Å². The van der Waals surface area contributed by atoms with Crippen LogP contribution in [0.25, 0.3) is 6.08 Å². The third-order valence-corrected chi connectivity index (χ3v) is 3.19. The zero-order chi connectivity index (χ0) is 16.5. The molecule has 0 fully saturated rings. The molecule has 0 saturated carbocycles. The topological polar surface area (TPSA) is 38.8 Å². The van der Waals surface area contributed by atoms with Gasteiger partial charge in [-0.15, -0.1) is 0 Å². The first-order chi connectivity index (χ1) is 10.5. The van der Waals surface area contributed by atoms with Gasteiger partial charge in [-0.3, -0.25) is 4.79 Å². The van der Waals surface area contributed by atoms with Crippen molar-refractivity contribution in [3.63, 3.8) is 0 Å². The van der Waals surface area contributed by atoms with Gasteiger partial charge in [-0.25, -0.2) is 0 Å². The average molecular weight is 305 g/mol. The van der Waals surface area contributed by atoms with E-state index in [2.05, 4.69) is 6.92 Å². The summed E-state index contributed by atoms with van der Waals surface area (Å²) in [6.45, 7) is 6.83. The lowest BCUT2D eigenvalue weighted by molar-refractivity contribution is -0.124. The highest BCUT2D eigenvalue weighted by atomic mass is 16.5. The summed E-state index contributed by atoms with van der Waals surface area (Å²) in [4.78, 5) is 13.7. The summed E-state index contributed by atoms with van der Waals surface area (Å²) in [5.41, 5.74) is 0.908. The molecule has 0 bridgehead atoms. The molecule has 0 atom stereocenters. The van der Waals surface area contributed by atoms with Crippen molar-refractivity contribution in [1.29, 1.82) is 0 Å². The Bertz CT molecular complexity index is 509. The molecule has 1 rings (SSSR count). The van der Waals surface area contributed by atoms with E-state index >= 15 is 0 Å². The highest BCUT2D eigenvalue weighted by molar-refractivity contribution is 5.91. The molecule has 0 aliphatic rings. The molecule has 4 heteroatoms. The summed E-state index contributed by atoms with van der Waals surface area (Å²) in [6, 6.07) is 5.65. The summed E-state index contributed by atoms with van der Waals surface area (Å²) < 4.78 is 11.0. The van der Waals surface area contributed by atoms with Gasteiger partial charge in [0.25, 0.3) is 0 Å². The van der Waals surface area contributed by atoms with Crippen molar-refractivity contribution >= 4 is 12.0 Å². The normalized spacial score (nSPS) is 11.0. The number of hydrogen-bond acceptors (Lipinski definition) is 3. The van der Waals surface area contributed by atoms with Gasteiger partial charge in [-0.2, -0.15) is 0 Å². The number of rotatable bonds is 8. The second-order valence-electron chi connectivity index (χ2n) is 5.52. The molecule has 22 heavy (non-hydrogen) atoms. The molecule has 0 heterocycles. The monoisotopic (exact) mass is 305 g/mol. The van der Waals surface area contributed by atoms with E-state index in [1.807, 2.05) is 39.1 Å². The summed E-state index contributed by atoms with van der Waals surface area (Å²) in [6.07, 6.45) is 5.57. The molecule has 0 N–H and O–H groups in total. The van der Waals surface area contributed by atoms with Crippen molar-refractivity contribution in [2.24, 2.45) is 0 Å². The lowest BCUT2D eigenvalue weighted by Gasteiger charge is -2.15. The predicted octanol–water partition coefficient (Wildman–Crippen LogP) is 3.75. The fourth-order valence-corrected chi connectivity index (χ4v) is 1.94. The van der Waals surface area contributed by atoms with Crippen molar-refractivity contribution in [1.82, 2.24) is 4.90 Å². The van der Waals surface area contributed by atoms with Crippen LogP contribution in [0.5, 0.6) is 11.5 Å². The number of nitrogens with zero attached hydrogens (tertiary/aromatic N) is 1. The number of ether oxygens (including phenoxy) is 2. The fourth-order valence-electron chi connectivity index (χ4n) is 1.94. The van der Waals surface area contributed by atoms with E-state index in [0.717, 1.165) is 24.9 Å². The van der Waals surface area contributed by atoms with Crippen LogP contribution in [0.2, 0.25) is 0 Å². The second kappa shape index (κ2) is 9.13. The molecule has 0 aliphatic carbocycles. The summed E-state index contributed by atoms with van der Waals surface area (Å²) >= 11 is 0. The number of benzene rings is 1. The minimum absolute atomic E-state index is 0.00919. The number of likely N-dealkylation sites (N-methyl/N-ethyl adjacent to an activating group) is 1. The lowest BCUT2D eigenvalue weighted by Crippen LogP contribution is -2.25. The second-order valence-corrected chi connectivity index (χ2v) is 5.52. The molecular weight excluding hydrogens is 278 g/mol. The van der Waals surface area contributed by atoms with Crippen LogP contribution in [0.15, 0.2) is 24.3 Å². The maximum Gasteiger partial charge on any atom is 0.246 e. The van der Waals surface area contributed by atoms with Crippen LogP contribution in [-0.2, 0) is 4.79 Å². The van der Waals surface area contributed by atoms with Crippen LogP contribution < -0.4 is 9.47 Å². The Balaban J connectivity index is 2.77. The molecule has 0 unspecified atom stereocenters. The largest absolute Gasteiger partial charge is 0.493 e. The molecule has 0 aliphatic heterocycles. The molecule has 122 valence electrons. The number of carbonyl (C=O) groups is 1. The third kappa shape index (κ3) is 5.80. The van der Waals surface area contributed by atoms with E-state index < -0.39 is 0 Å². The Labute approximate surface area is 133 Å². The van der Waals surface area contributed by atoms with E-state index in [4.69, 9.17) is 9.47 Å². The van der Waals surface area contributed by atoms with Crippen LogP contribution in [0.3, 0.4) is 0 Å². The summed E-state index contributed by atoms with van der Waals surface area (Å²) in [5, 5.41) is 0. The van der Waals surface area contributed by atoms with E-state index in [1.54, 1.807) is 24.2 Å². The highest BCUT2D eigenvalue weighted by Gasteiger charge is 2.07. The fraction of sp³-hybridized carbons (Fsp3) is 0.500. The van der Waals surface area contributed by atoms with E-state index in [1.165, 1.54) is 0 Å². The Kier molecular flexibility index (Phi) is 7.50. The Morgan fingerprint density at radius 2 is 2.05 bits per heavy atom. The smallest absolute Gasteiger partial charge is 0.246 e. The summed E-state index contributed by atoms with van der Waals surface area (Å²) in [5.74, 6) is 1.39. The minimum Gasteiger partial charge on any atom is -0.493 e. The van der Waals surface area contributed by atoms with Gasteiger partial charge in [-0.1, -0.05) is 19.4 Å². The third-order valence-electron chi connectivity index (χ3n) is 3.19. The first-order valence-corrected chi connectivity index (χ1v) is 7.75. The zero-order valence-electron chi connectivity index (χ0n) is 14.3. The van der Waals surface area contributed by atoms with Crippen LogP contribution >= 0.6 is 0 Å². The maximum atomic E-state index is 12.0. The maximum absolute atomic E-state index is 12.0. The van der Waals surface area contributed by atoms with Crippen LogP contribution in [0, 0.1) is 0 Å². The lowest BCUT2D eigenvalue weighted by atomic mass is 10.2. The van der Waals surface area contributed by atoms with E-state index in [0.29, 0.717) is 11.5 Å². The molecule has 0 saturated heterocycles. The van der Waals surface area contributed by atoms with Crippen LogP contribution in [0.1, 0.15) is 39.2 Å². The molecule has 4 nitrogen and oxygen atoms in total. The molecule has 0 radical (unpaired) electrons. The van der Waals surface area contributed by atoms with Gasteiger partial charge >= 0.3 is 0 Å². The Hall–Kier alpha value is -1.97. The Morgan fingerprint density at radius 3 is 2.64 bits per heavy atom. The van der Waals surface area contributed by atoms with Crippen molar-refractivity contribution < 1.29 is 14.3 Å². The highest BCUT2D eigenvalue weighted by Crippen LogP contribution is 2.29. The first-order valence-electron chi connectivity index (χ1n) is 7.75. The van der Waals surface area contributed by atoms with E-state index in [-0.39, 0.29) is 12.0 Å². The van der Waals surface area contributed by atoms with Gasteiger partial charge in [0.1, 0.15) is 0 Å². The van der Waals surface area contributed by atoms with Gasteiger partial charge in [0.2, 0.25) is 5.91 Å². The number of carbonyl (C=O) groups excluding carboxylic acids is 1. The van der Waals surface area contributed by atoms with Crippen molar-refractivity contribution in [3.05, 3.63) is 29.8 Å². The van der Waals surface area contributed by atoms with E-state index in [9.17, 15) is 4.79 Å². The molecule has 1 aromatic carbocycles. The van der Waals surface area contributed by atoms with Gasteiger partial charge in [-0.05, 0) is 44.0 Å². The number of unbranched alkanes of at least 4 members (excludes halogenated alkanes) is 1. The van der Waals surface area contributed by atoms with Gasteiger partial charge in [0.15, 0.2) is 11.5 Å². The molecular formula is C18H27NO3. The number of methoxy groups -OCH3 is 1. The molecule has 0 spiro atoms. The number of hydrogen-bond donors (Lipinski definition) is 0. The van der Waals surface area contributed by atoms with Gasteiger partial charge < -0.3 is 14.4 Å². The standard InChI is InChI=1S/C18H27NO3/c1-6-7-12-19(4)18(20)11-9-15-8-10-16(22-14(2)3)17(13-15)21-5/h8-11,13-14H,6-7,12H2,1-5H3/b11-9+.